The van der Waals surface area contributed by atoms with E-state index < -0.39 is 42.3 Å². The molecule has 0 radical (unpaired) electrons. The van der Waals surface area contributed by atoms with Crippen LogP contribution >= 0.6 is 0 Å². The Bertz CT molecular complexity index is 3980. The van der Waals surface area contributed by atoms with Crippen molar-refractivity contribution in [3.8, 4) is 62.1 Å². The van der Waals surface area contributed by atoms with Crippen LogP contribution in [-0.4, -0.2) is 14.1 Å². The maximum atomic E-state index is 9.03. The molecule has 0 fully saturated rings. The van der Waals surface area contributed by atoms with Gasteiger partial charge < -0.3 is 4.74 Å². The van der Waals surface area contributed by atoms with Crippen molar-refractivity contribution in [1.29, 1.82) is 0 Å². The highest BCUT2D eigenvalue weighted by atomic mass is 16.5. The van der Waals surface area contributed by atoms with Gasteiger partial charge in [-0.15, -0.1) is 0 Å². The van der Waals surface area contributed by atoms with Gasteiger partial charge in [0.1, 0.15) is 17.3 Å². The van der Waals surface area contributed by atoms with Crippen LogP contribution in [0.3, 0.4) is 0 Å². The van der Waals surface area contributed by atoms with Crippen LogP contribution in [0.25, 0.3) is 83.4 Å². The van der Waals surface area contributed by atoms with Gasteiger partial charge in [0, 0.05) is 23.0 Å². The molecule has 11 aromatic rings. The van der Waals surface area contributed by atoms with Crippen LogP contribution in [-0.2, 0) is 5.41 Å². The summed E-state index contributed by atoms with van der Waals surface area (Å²) in [5.41, 5.74) is 8.13. The van der Waals surface area contributed by atoms with Crippen molar-refractivity contribution in [3.63, 3.8) is 0 Å². The molecule has 3 aromatic heterocycles. The second-order valence-corrected chi connectivity index (χ2v) is 16.4. The van der Waals surface area contributed by atoms with E-state index in [1.165, 1.54) is 6.07 Å². The topological polar surface area (TPSA) is 35.9 Å². The summed E-state index contributed by atoms with van der Waals surface area (Å²) in [6.07, 6.45) is 5.35. The smallest absolute Gasteiger partial charge is 0.269 e. The van der Waals surface area contributed by atoms with E-state index in [2.05, 4.69) is 80.2 Å². The fourth-order valence-electron chi connectivity index (χ4n) is 8.38. The molecule has 3 heterocycles. The normalized spacial score (nSPS) is 13.7. The van der Waals surface area contributed by atoms with Crippen LogP contribution in [0.4, 0.5) is 0 Å². The molecule has 302 valence electrons. The van der Waals surface area contributed by atoms with E-state index in [-0.39, 0.29) is 34.2 Å². The molecule has 0 saturated carbocycles. The Labute approximate surface area is 380 Å². The van der Waals surface area contributed by atoms with Crippen LogP contribution in [0, 0.1) is 6.33 Å². The molecule has 0 spiro atoms. The van der Waals surface area contributed by atoms with Crippen molar-refractivity contribution in [3.05, 3.63) is 224 Å². The zero-order valence-corrected chi connectivity index (χ0v) is 34.7. The van der Waals surface area contributed by atoms with Crippen molar-refractivity contribution in [2.75, 3.05) is 0 Å². The lowest BCUT2D eigenvalue weighted by Crippen LogP contribution is -2.31. The molecule has 0 bridgehead atoms. The highest BCUT2D eigenvalue weighted by Crippen LogP contribution is 2.39. The SMILES string of the molecule is [2H]c1cc(-c2cccc(-c3c([2H])c([2H])c([2H])c([2H])c3[2H])c2-[n+]2[c-]n(-c3cccc(Oc4ccc5c6cc(-c7ccccc7)ccc6n(-c6cc(C(C)(C)C)ccn6)c5c4)c3)c3ccccc32)c([2H])c([2H])c1[2H]. The molecule has 0 N–H and O–H groups in total. The average molecular weight is 822 g/mol. The highest BCUT2D eigenvalue weighted by molar-refractivity contribution is 6.10. The van der Waals surface area contributed by atoms with Crippen LogP contribution in [0.2, 0.25) is 0 Å². The van der Waals surface area contributed by atoms with Gasteiger partial charge in [0.05, 0.1) is 45.8 Å². The van der Waals surface area contributed by atoms with Gasteiger partial charge in [-0.1, -0.05) is 166 Å². The Kier molecular flexibility index (Phi) is 7.19. The minimum Gasteiger partial charge on any atom is -0.458 e. The van der Waals surface area contributed by atoms with Crippen molar-refractivity contribution < 1.29 is 21.6 Å². The monoisotopic (exact) mass is 821 g/mol. The fourth-order valence-corrected chi connectivity index (χ4v) is 8.38. The lowest BCUT2D eigenvalue weighted by Gasteiger charge is -2.20. The van der Waals surface area contributed by atoms with E-state index in [1.54, 1.807) is 22.8 Å². The number of pyridine rings is 1. The summed E-state index contributed by atoms with van der Waals surface area (Å²) < 4.78 is 90.5. The van der Waals surface area contributed by atoms with E-state index >= 15 is 0 Å². The summed E-state index contributed by atoms with van der Waals surface area (Å²) in [6, 6.07) is 44.8. The van der Waals surface area contributed by atoms with Gasteiger partial charge in [-0.3, -0.25) is 13.7 Å². The zero-order chi connectivity index (χ0) is 50.3. The molecule has 0 aliphatic heterocycles. The molecule has 0 unspecified atom stereocenters. The third-order valence-corrected chi connectivity index (χ3v) is 11.4. The number of nitrogens with zero attached hydrogens (tertiary/aromatic N) is 4. The number of ether oxygens (including phenoxy) is 1. The van der Waals surface area contributed by atoms with Gasteiger partial charge in [-0.05, 0) is 99.0 Å². The second kappa shape index (κ2) is 15.5. The third-order valence-electron chi connectivity index (χ3n) is 11.4. The third kappa shape index (κ3) is 6.94. The predicted molar refractivity (Wildman–Crippen MR) is 257 cm³/mol. The molecular formula is C58H44N4O. The number of benzene rings is 8. The number of fused-ring (bicyclic) bond motifs is 4. The second-order valence-electron chi connectivity index (χ2n) is 16.4. The van der Waals surface area contributed by atoms with Gasteiger partial charge >= 0.3 is 0 Å². The standard InChI is InChI=1S/C58H44N4O/c1-58(2,3)44-33-34-59-56(36-44)62-52-32-29-43(40-17-7-4-8-18-40)35-51(52)50-31-30-47(38-55(50)62)63-46-24-15-23-45(37-46)60-39-61(54-28-14-13-27-53(54)60)57-48(41-19-9-5-10-20-41)25-16-26-49(57)42-21-11-6-12-22-42/h4-38H,1-3H3/i5D,6D,9D,10D,11D,12D,19D,20D,21D. The molecule has 0 amide bonds. The molecule has 8 aromatic carbocycles. The highest BCUT2D eigenvalue weighted by Gasteiger charge is 2.21. The molecule has 5 nitrogen and oxygen atoms in total. The lowest BCUT2D eigenvalue weighted by atomic mass is 9.88. The molecule has 5 heteroatoms. The number of rotatable bonds is 8. The summed E-state index contributed by atoms with van der Waals surface area (Å²) in [6.45, 7) is 6.57. The first-order valence-corrected chi connectivity index (χ1v) is 20.7. The summed E-state index contributed by atoms with van der Waals surface area (Å²) in [7, 11) is 0. The van der Waals surface area contributed by atoms with E-state index in [4.69, 9.17) is 22.1 Å². The lowest BCUT2D eigenvalue weighted by molar-refractivity contribution is -0.571. The molecule has 0 atom stereocenters. The molecular weight excluding hydrogens is 769 g/mol. The summed E-state index contributed by atoms with van der Waals surface area (Å²) >= 11 is 0. The quantitative estimate of drug-likeness (QED) is 0.113. The van der Waals surface area contributed by atoms with Gasteiger partial charge in [0.25, 0.3) is 6.33 Å². The first-order valence-electron chi connectivity index (χ1n) is 25.2. The number of hydrogen-bond donors (Lipinski definition) is 0. The summed E-state index contributed by atoms with van der Waals surface area (Å²) in [4.78, 5) is 4.90. The van der Waals surface area contributed by atoms with Gasteiger partial charge in [0.2, 0.25) is 0 Å². The van der Waals surface area contributed by atoms with E-state index in [0.29, 0.717) is 39.5 Å². The van der Waals surface area contributed by atoms with Gasteiger partial charge in [-0.2, -0.15) is 0 Å². The van der Waals surface area contributed by atoms with E-state index in [1.807, 2.05) is 89.6 Å². The molecule has 63 heavy (non-hydrogen) atoms. The largest absolute Gasteiger partial charge is 0.458 e. The van der Waals surface area contributed by atoms with Crippen LogP contribution < -0.4 is 9.30 Å². The molecule has 0 aliphatic carbocycles. The Morgan fingerprint density at radius 3 is 2.14 bits per heavy atom. The number of hydrogen-bond acceptors (Lipinski definition) is 2. The van der Waals surface area contributed by atoms with Crippen molar-refractivity contribution in [1.82, 2.24) is 14.1 Å². The van der Waals surface area contributed by atoms with Crippen molar-refractivity contribution >= 4 is 32.8 Å². The maximum Gasteiger partial charge on any atom is 0.269 e. The fraction of sp³-hybridized carbons (Fsp3) is 0.0690. The number of para-hydroxylation sites is 3. The minimum absolute atomic E-state index is 0.0721. The van der Waals surface area contributed by atoms with Crippen LogP contribution in [0.5, 0.6) is 11.5 Å². The van der Waals surface area contributed by atoms with Crippen LogP contribution in [0.15, 0.2) is 212 Å². The molecule has 0 saturated heterocycles. The number of aromatic nitrogens is 4. The Morgan fingerprint density at radius 1 is 0.556 bits per heavy atom. The average Bonchev–Trinajstić information content (AvgIpc) is 3.93. The first kappa shape index (κ1) is 29.3. The minimum atomic E-state index is -0.538. The summed E-state index contributed by atoms with van der Waals surface area (Å²) in [5.74, 6) is 1.92. The van der Waals surface area contributed by atoms with Crippen molar-refractivity contribution in [2.24, 2.45) is 0 Å². The maximum absolute atomic E-state index is 9.03. The molecule has 0 aliphatic rings. The van der Waals surface area contributed by atoms with Crippen molar-refractivity contribution in [2.45, 2.75) is 26.2 Å². The van der Waals surface area contributed by atoms with Crippen LogP contribution in [0.1, 0.15) is 38.7 Å². The Hall–Kier alpha value is -8.02. The summed E-state index contributed by atoms with van der Waals surface area (Å²) in [5, 5.41) is 2.12. The Morgan fingerprint density at radius 2 is 1.30 bits per heavy atom. The van der Waals surface area contributed by atoms with E-state index in [0.717, 1.165) is 44.3 Å². The zero-order valence-electron chi connectivity index (χ0n) is 43.7. The van der Waals surface area contributed by atoms with Gasteiger partial charge in [0.15, 0.2) is 0 Å². The Balaban J connectivity index is 1.07. The predicted octanol–water partition coefficient (Wildman–Crippen LogP) is 14.3. The molecule has 11 rings (SSSR count). The first-order chi connectivity index (χ1) is 34.6. The van der Waals surface area contributed by atoms with Gasteiger partial charge in [-0.25, -0.2) is 4.98 Å². The number of imidazole rings is 1. The van der Waals surface area contributed by atoms with E-state index in [9.17, 15) is 0 Å².